The molecule has 2 aromatic rings. The van der Waals surface area contributed by atoms with Crippen molar-refractivity contribution in [2.75, 3.05) is 26.3 Å². The lowest BCUT2D eigenvalue weighted by atomic mass is 9.88. The molecule has 3 N–H and O–H groups in total. The first-order valence-electron chi connectivity index (χ1n) is 11.5. The minimum atomic E-state index is -0.0680. The molecule has 2 atom stereocenters. The second kappa shape index (κ2) is 10.2. The number of aromatic nitrogens is 3. The maximum Gasteiger partial charge on any atom is 0.191 e. The predicted octanol–water partition coefficient (Wildman–Crippen LogP) is 2.05. The van der Waals surface area contributed by atoms with Crippen LogP contribution in [-0.4, -0.2) is 58.6 Å². The Morgan fingerprint density at radius 1 is 1.29 bits per heavy atom. The van der Waals surface area contributed by atoms with Crippen LogP contribution in [0.25, 0.3) is 0 Å². The number of hydrogen-bond acceptors (Lipinski definition) is 5. The van der Waals surface area contributed by atoms with Crippen LogP contribution in [0.2, 0.25) is 0 Å². The van der Waals surface area contributed by atoms with E-state index >= 15 is 0 Å². The summed E-state index contributed by atoms with van der Waals surface area (Å²) >= 11 is 0. The van der Waals surface area contributed by atoms with Crippen molar-refractivity contribution in [3.05, 3.63) is 48.0 Å². The average Bonchev–Trinajstić information content (AvgIpc) is 3.27. The molecule has 8 nitrogen and oxygen atoms in total. The number of ether oxygens (including phenoxy) is 1. The summed E-state index contributed by atoms with van der Waals surface area (Å²) < 4.78 is 7.67. The highest BCUT2D eigenvalue weighted by Gasteiger charge is 2.34. The number of guanidine groups is 1. The van der Waals surface area contributed by atoms with E-state index in [1.54, 1.807) is 6.33 Å². The van der Waals surface area contributed by atoms with Gasteiger partial charge in [0.05, 0.1) is 13.1 Å². The van der Waals surface area contributed by atoms with Gasteiger partial charge < -0.3 is 20.7 Å². The molecule has 1 aromatic heterocycles. The number of aliphatic imine (C=N–C) groups is 1. The third kappa shape index (κ3) is 5.62. The van der Waals surface area contributed by atoms with Gasteiger partial charge in [0.2, 0.25) is 0 Å². The van der Waals surface area contributed by atoms with Crippen LogP contribution in [0.15, 0.2) is 41.7 Å². The van der Waals surface area contributed by atoms with Gasteiger partial charge in [0.15, 0.2) is 5.96 Å². The van der Waals surface area contributed by atoms with E-state index in [1.807, 2.05) is 4.68 Å². The van der Waals surface area contributed by atoms with Crippen LogP contribution in [0.1, 0.15) is 50.5 Å². The molecular weight excluding hydrogens is 390 g/mol. The standard InChI is InChI=1S/C23H35N7O/c1-3-24-22(28-20-9-10-21-26-17-27-30(21)15-20)25-16-23(11-13-31-14-12-23)29-18(2)19-7-5-4-6-8-19/h4-8,17-18,20,29H,3,9-16H2,1-2H3,(H2,24,25,28). The summed E-state index contributed by atoms with van der Waals surface area (Å²) in [4.78, 5) is 9.35. The summed E-state index contributed by atoms with van der Waals surface area (Å²) in [5, 5.41) is 15.3. The van der Waals surface area contributed by atoms with Crippen molar-refractivity contribution >= 4 is 5.96 Å². The van der Waals surface area contributed by atoms with Gasteiger partial charge in [0, 0.05) is 43.8 Å². The van der Waals surface area contributed by atoms with Crippen molar-refractivity contribution in [3.63, 3.8) is 0 Å². The molecule has 0 spiro atoms. The molecule has 31 heavy (non-hydrogen) atoms. The quantitative estimate of drug-likeness (QED) is 0.465. The summed E-state index contributed by atoms with van der Waals surface area (Å²) in [6, 6.07) is 11.2. The van der Waals surface area contributed by atoms with E-state index in [9.17, 15) is 0 Å². The highest BCUT2D eigenvalue weighted by Crippen LogP contribution is 2.26. The third-order valence-corrected chi connectivity index (χ3v) is 6.30. The summed E-state index contributed by atoms with van der Waals surface area (Å²) in [6.07, 6.45) is 5.53. The minimum absolute atomic E-state index is 0.0680. The molecule has 8 heteroatoms. The Morgan fingerprint density at radius 3 is 2.87 bits per heavy atom. The van der Waals surface area contributed by atoms with Crippen LogP contribution in [0.3, 0.4) is 0 Å². The lowest BCUT2D eigenvalue weighted by Crippen LogP contribution is -2.54. The number of aryl methyl sites for hydroxylation is 1. The minimum Gasteiger partial charge on any atom is -0.381 e. The molecule has 2 aliphatic heterocycles. The van der Waals surface area contributed by atoms with Crippen LogP contribution in [0, 0.1) is 0 Å². The zero-order valence-electron chi connectivity index (χ0n) is 18.7. The molecule has 0 saturated carbocycles. The largest absolute Gasteiger partial charge is 0.381 e. The molecule has 0 bridgehead atoms. The molecule has 4 rings (SSSR count). The number of fused-ring (bicyclic) bond motifs is 1. The van der Waals surface area contributed by atoms with Crippen LogP contribution in [0.4, 0.5) is 0 Å². The fraction of sp³-hybridized carbons (Fsp3) is 0.609. The zero-order valence-corrected chi connectivity index (χ0v) is 18.7. The summed E-state index contributed by atoms with van der Waals surface area (Å²) in [5.41, 5.74) is 1.23. The number of nitrogens with zero attached hydrogens (tertiary/aromatic N) is 4. The van der Waals surface area contributed by atoms with Gasteiger partial charge in [-0.15, -0.1) is 0 Å². The van der Waals surface area contributed by atoms with Crippen LogP contribution >= 0.6 is 0 Å². The number of hydrogen-bond donors (Lipinski definition) is 3. The molecule has 1 saturated heterocycles. The Balaban J connectivity index is 1.44. The van der Waals surface area contributed by atoms with Crippen molar-refractivity contribution in [2.24, 2.45) is 4.99 Å². The third-order valence-electron chi connectivity index (χ3n) is 6.30. The topological polar surface area (TPSA) is 88.4 Å². The van der Waals surface area contributed by atoms with Gasteiger partial charge in [-0.25, -0.2) is 9.67 Å². The Kier molecular flexibility index (Phi) is 7.19. The normalized spacial score (nSPS) is 21.9. The van der Waals surface area contributed by atoms with E-state index in [0.717, 1.165) is 63.8 Å². The zero-order chi connectivity index (χ0) is 21.5. The van der Waals surface area contributed by atoms with E-state index in [2.05, 4.69) is 70.2 Å². The first kappa shape index (κ1) is 21.8. The highest BCUT2D eigenvalue weighted by molar-refractivity contribution is 5.80. The van der Waals surface area contributed by atoms with Gasteiger partial charge in [-0.2, -0.15) is 5.10 Å². The lowest BCUT2D eigenvalue weighted by Gasteiger charge is -2.39. The number of rotatable bonds is 7. The van der Waals surface area contributed by atoms with Crippen molar-refractivity contribution in [1.82, 2.24) is 30.7 Å². The van der Waals surface area contributed by atoms with Gasteiger partial charge in [-0.1, -0.05) is 30.3 Å². The Bertz CT molecular complexity index is 845. The molecular formula is C23H35N7O. The molecule has 168 valence electrons. The van der Waals surface area contributed by atoms with Gasteiger partial charge >= 0.3 is 0 Å². The fourth-order valence-corrected chi connectivity index (χ4v) is 4.49. The van der Waals surface area contributed by atoms with E-state index in [4.69, 9.17) is 9.73 Å². The van der Waals surface area contributed by atoms with Gasteiger partial charge in [0.25, 0.3) is 0 Å². The molecule has 2 unspecified atom stereocenters. The van der Waals surface area contributed by atoms with Crippen LogP contribution in [-0.2, 0) is 17.7 Å². The van der Waals surface area contributed by atoms with E-state index in [-0.39, 0.29) is 11.6 Å². The van der Waals surface area contributed by atoms with Crippen LogP contribution in [0.5, 0.6) is 0 Å². The summed E-state index contributed by atoms with van der Waals surface area (Å²) in [6.45, 7) is 8.24. The fourth-order valence-electron chi connectivity index (χ4n) is 4.49. The lowest BCUT2D eigenvalue weighted by molar-refractivity contribution is 0.0374. The Morgan fingerprint density at radius 2 is 2.10 bits per heavy atom. The van der Waals surface area contributed by atoms with Gasteiger partial charge in [0.1, 0.15) is 12.2 Å². The molecule has 3 heterocycles. The maximum atomic E-state index is 5.68. The SMILES string of the molecule is CCNC(=NCC1(NC(C)c2ccccc2)CCOCC1)NC1CCc2ncnn2C1. The molecule has 1 fully saturated rings. The Labute approximate surface area is 184 Å². The van der Waals surface area contributed by atoms with E-state index in [0.29, 0.717) is 12.6 Å². The van der Waals surface area contributed by atoms with Crippen molar-refractivity contribution in [1.29, 1.82) is 0 Å². The van der Waals surface area contributed by atoms with Crippen LogP contribution < -0.4 is 16.0 Å². The summed E-state index contributed by atoms with van der Waals surface area (Å²) in [7, 11) is 0. The van der Waals surface area contributed by atoms with Crippen molar-refractivity contribution in [2.45, 2.75) is 63.7 Å². The second-order valence-corrected chi connectivity index (χ2v) is 8.60. The second-order valence-electron chi connectivity index (χ2n) is 8.60. The van der Waals surface area contributed by atoms with Gasteiger partial charge in [-0.3, -0.25) is 4.99 Å². The maximum absolute atomic E-state index is 5.68. The number of nitrogens with one attached hydrogen (secondary N) is 3. The van der Waals surface area contributed by atoms with E-state index in [1.165, 1.54) is 5.56 Å². The molecule has 2 aliphatic rings. The number of benzene rings is 1. The Hall–Kier alpha value is -2.45. The first-order valence-corrected chi connectivity index (χ1v) is 11.5. The van der Waals surface area contributed by atoms with Crippen molar-refractivity contribution < 1.29 is 4.74 Å². The van der Waals surface area contributed by atoms with E-state index < -0.39 is 0 Å². The summed E-state index contributed by atoms with van der Waals surface area (Å²) in [5.74, 6) is 1.94. The molecule has 0 aliphatic carbocycles. The molecule has 1 aromatic carbocycles. The van der Waals surface area contributed by atoms with Crippen molar-refractivity contribution in [3.8, 4) is 0 Å². The first-order chi connectivity index (χ1) is 15.2. The monoisotopic (exact) mass is 425 g/mol. The predicted molar refractivity (Wildman–Crippen MR) is 122 cm³/mol. The smallest absolute Gasteiger partial charge is 0.191 e. The highest BCUT2D eigenvalue weighted by atomic mass is 16.5. The average molecular weight is 426 g/mol. The molecule has 0 radical (unpaired) electrons. The molecule has 0 amide bonds. The van der Waals surface area contributed by atoms with Gasteiger partial charge in [-0.05, 0) is 38.7 Å².